The van der Waals surface area contributed by atoms with Crippen molar-refractivity contribution < 1.29 is 40.8 Å². The lowest BCUT2D eigenvalue weighted by atomic mass is 9.96. The van der Waals surface area contributed by atoms with Crippen LogP contribution in [-0.2, 0) is 24.0 Å². The van der Waals surface area contributed by atoms with E-state index < -0.39 is 61.7 Å². The first kappa shape index (κ1) is 24.6. The van der Waals surface area contributed by atoms with Crippen molar-refractivity contribution >= 4 is 40.1 Å². The minimum atomic E-state index is -4.68. The molecule has 8 nitrogen and oxygen atoms in total. The molecule has 170 valence electrons. The number of hydrogen-bond acceptors (Lipinski definition) is 8. The highest BCUT2D eigenvalue weighted by Crippen LogP contribution is 2.38. The quantitative estimate of drug-likeness (QED) is 0.140. The predicted molar refractivity (Wildman–Crippen MR) is 105 cm³/mol. The molecular formula is C17H23F3N2O6S2. The molecule has 13 heteroatoms. The molecule has 1 aliphatic carbocycles. The van der Waals surface area contributed by atoms with Crippen molar-refractivity contribution in [2.45, 2.75) is 62.3 Å². The molecule has 0 unspecified atom stereocenters. The summed E-state index contributed by atoms with van der Waals surface area (Å²) in [5.41, 5.74) is -0.218. The van der Waals surface area contributed by atoms with E-state index in [2.05, 4.69) is 27.5 Å². The van der Waals surface area contributed by atoms with Crippen molar-refractivity contribution in [2.75, 3.05) is 16.5 Å². The van der Waals surface area contributed by atoms with Crippen LogP contribution in [0, 0.1) is 17.5 Å². The Kier molecular flexibility index (Phi) is 9.07. The average Bonchev–Trinajstić information content (AvgIpc) is 2.66. The summed E-state index contributed by atoms with van der Waals surface area (Å²) in [4.78, 5) is 13.7. The van der Waals surface area contributed by atoms with Crippen LogP contribution in [0.3, 0.4) is 0 Å². The van der Waals surface area contributed by atoms with Crippen molar-refractivity contribution in [3.05, 3.63) is 17.5 Å². The number of nitrogens with one attached hydrogen (secondary N) is 2. The number of anilines is 2. The summed E-state index contributed by atoms with van der Waals surface area (Å²) in [5.74, 6) is -7.65. The first-order valence-electron chi connectivity index (χ1n) is 9.33. The Bertz CT molecular complexity index is 862. The summed E-state index contributed by atoms with van der Waals surface area (Å²) >= 11 is 3.22. The molecule has 0 saturated heterocycles. The standard InChI is InChI=1S/C17H23F3N2O6S2/c18-12-13(19)17(30(25,26)9-8-11(23)24)16(14(20)15(12)22-27-28-29)21-10-6-4-2-1-3-5-7-10/h10,21-22,29H,1-9H2,(H,23,24). The van der Waals surface area contributed by atoms with Crippen LogP contribution in [0.15, 0.2) is 4.90 Å². The molecule has 0 amide bonds. The Morgan fingerprint density at radius 1 is 1.03 bits per heavy atom. The first-order chi connectivity index (χ1) is 14.2. The van der Waals surface area contributed by atoms with Gasteiger partial charge in [0.15, 0.2) is 27.3 Å². The van der Waals surface area contributed by atoms with Gasteiger partial charge < -0.3 is 10.4 Å². The number of aliphatic carboxylic acids is 1. The van der Waals surface area contributed by atoms with E-state index in [-0.39, 0.29) is 6.04 Å². The third kappa shape index (κ3) is 6.15. The predicted octanol–water partition coefficient (Wildman–Crippen LogP) is 4.00. The maximum atomic E-state index is 15.1. The monoisotopic (exact) mass is 472 g/mol. The Morgan fingerprint density at radius 3 is 2.20 bits per heavy atom. The van der Waals surface area contributed by atoms with E-state index in [1.54, 1.807) is 5.48 Å². The smallest absolute Gasteiger partial charge is 0.304 e. The summed E-state index contributed by atoms with van der Waals surface area (Å²) in [5, 5.41) is 11.5. The fourth-order valence-electron chi connectivity index (χ4n) is 3.34. The lowest BCUT2D eigenvalue weighted by Gasteiger charge is -2.25. The molecular weight excluding hydrogens is 449 g/mol. The van der Waals surface area contributed by atoms with Crippen molar-refractivity contribution in [3.63, 3.8) is 0 Å². The molecule has 2 rings (SSSR count). The molecule has 0 radical (unpaired) electrons. The van der Waals surface area contributed by atoms with Crippen LogP contribution in [0.1, 0.15) is 51.4 Å². The SMILES string of the molecule is O=C(O)CCS(=O)(=O)c1c(F)c(F)c(NOOS)c(F)c1NC1CCCCCCC1. The summed E-state index contributed by atoms with van der Waals surface area (Å²) in [6.07, 6.45) is 4.83. The van der Waals surface area contributed by atoms with Gasteiger partial charge in [-0.25, -0.2) is 27.1 Å². The minimum absolute atomic E-state index is 0.381. The molecule has 0 aliphatic heterocycles. The van der Waals surface area contributed by atoms with E-state index >= 15 is 4.39 Å². The Hall–Kier alpha value is -1.70. The van der Waals surface area contributed by atoms with Crippen LogP contribution < -0.4 is 10.8 Å². The molecule has 1 fully saturated rings. The van der Waals surface area contributed by atoms with Gasteiger partial charge in [-0.2, -0.15) is 0 Å². The summed E-state index contributed by atoms with van der Waals surface area (Å²) < 4.78 is 73.4. The molecule has 3 N–H and O–H groups in total. The van der Waals surface area contributed by atoms with Gasteiger partial charge in [-0.3, -0.25) is 4.79 Å². The molecule has 0 bridgehead atoms. The van der Waals surface area contributed by atoms with Gasteiger partial charge in [-0.05, 0) is 12.8 Å². The number of carboxylic acid groups (broad SMARTS) is 1. The first-order valence-corrected chi connectivity index (χ1v) is 11.4. The number of benzene rings is 1. The lowest BCUT2D eigenvalue weighted by Crippen LogP contribution is -2.25. The van der Waals surface area contributed by atoms with Crippen LogP contribution >= 0.6 is 12.9 Å². The second-order valence-electron chi connectivity index (χ2n) is 6.93. The highest BCUT2D eigenvalue weighted by Gasteiger charge is 2.34. The number of halogens is 3. The summed E-state index contributed by atoms with van der Waals surface area (Å²) in [7, 11) is -4.68. The molecule has 1 saturated carbocycles. The van der Waals surface area contributed by atoms with Gasteiger partial charge in [-0.1, -0.05) is 32.1 Å². The molecule has 0 heterocycles. The zero-order valence-corrected chi connectivity index (χ0v) is 17.6. The second kappa shape index (κ2) is 11.1. The largest absolute Gasteiger partial charge is 0.481 e. The number of rotatable bonds is 9. The fourth-order valence-corrected chi connectivity index (χ4v) is 4.85. The number of carboxylic acids is 1. The van der Waals surface area contributed by atoms with Gasteiger partial charge in [0.25, 0.3) is 0 Å². The maximum Gasteiger partial charge on any atom is 0.304 e. The van der Waals surface area contributed by atoms with Gasteiger partial charge in [0.2, 0.25) is 0 Å². The highest BCUT2D eigenvalue weighted by molar-refractivity contribution is 7.91. The molecule has 1 aromatic carbocycles. The number of carbonyl (C=O) groups is 1. The van der Waals surface area contributed by atoms with Crippen molar-refractivity contribution in [1.29, 1.82) is 0 Å². The second-order valence-corrected chi connectivity index (χ2v) is 9.13. The van der Waals surface area contributed by atoms with Gasteiger partial charge >= 0.3 is 5.97 Å². The average molecular weight is 473 g/mol. The zero-order valence-electron chi connectivity index (χ0n) is 15.9. The van der Waals surface area contributed by atoms with Crippen molar-refractivity contribution in [1.82, 2.24) is 0 Å². The van der Waals surface area contributed by atoms with Crippen molar-refractivity contribution in [3.8, 4) is 0 Å². The maximum absolute atomic E-state index is 15.1. The molecule has 0 aromatic heterocycles. The summed E-state index contributed by atoms with van der Waals surface area (Å²) in [6, 6.07) is -0.381. The fraction of sp³-hybridized carbons (Fsp3) is 0.588. The topological polar surface area (TPSA) is 114 Å². The third-order valence-corrected chi connectivity index (χ3v) is 6.63. The van der Waals surface area contributed by atoms with E-state index in [1.165, 1.54) is 0 Å². The number of sulfone groups is 1. The lowest BCUT2D eigenvalue weighted by molar-refractivity contribution is -0.158. The summed E-state index contributed by atoms with van der Waals surface area (Å²) in [6.45, 7) is 0. The van der Waals surface area contributed by atoms with Gasteiger partial charge in [0.1, 0.15) is 10.6 Å². The molecule has 0 atom stereocenters. The Morgan fingerprint density at radius 2 is 1.63 bits per heavy atom. The van der Waals surface area contributed by atoms with E-state index in [1.807, 2.05) is 0 Å². The van der Waals surface area contributed by atoms with E-state index in [0.717, 1.165) is 32.1 Å². The minimum Gasteiger partial charge on any atom is -0.481 e. The van der Waals surface area contributed by atoms with E-state index in [0.29, 0.717) is 12.8 Å². The normalized spacial score (nSPS) is 16.0. The molecule has 1 aliphatic rings. The Labute approximate surface area is 177 Å². The van der Waals surface area contributed by atoms with Crippen molar-refractivity contribution in [2.24, 2.45) is 0 Å². The van der Waals surface area contributed by atoms with Gasteiger partial charge in [0, 0.05) is 19.0 Å². The Balaban J connectivity index is 2.55. The highest BCUT2D eigenvalue weighted by atomic mass is 32.2. The van der Waals surface area contributed by atoms with Crippen LogP contribution in [0.4, 0.5) is 24.5 Å². The van der Waals surface area contributed by atoms with Crippen LogP contribution in [0.2, 0.25) is 0 Å². The van der Waals surface area contributed by atoms with E-state index in [9.17, 15) is 22.0 Å². The molecule has 1 aromatic rings. The number of hydrogen-bond donors (Lipinski definition) is 4. The third-order valence-electron chi connectivity index (χ3n) is 4.81. The van der Waals surface area contributed by atoms with Gasteiger partial charge in [0.05, 0.1) is 17.9 Å². The molecule has 0 spiro atoms. The van der Waals surface area contributed by atoms with Crippen LogP contribution in [0.25, 0.3) is 0 Å². The van der Waals surface area contributed by atoms with E-state index in [4.69, 9.17) is 5.11 Å². The molecule has 30 heavy (non-hydrogen) atoms. The number of thiol groups is 1. The van der Waals surface area contributed by atoms with Gasteiger partial charge in [-0.15, -0.1) is 9.32 Å². The zero-order chi connectivity index (χ0) is 22.3. The van der Waals surface area contributed by atoms with Crippen LogP contribution in [-0.4, -0.2) is 31.3 Å². The van der Waals surface area contributed by atoms with Crippen LogP contribution in [0.5, 0.6) is 0 Å².